The Bertz CT molecular complexity index is 827. The van der Waals surface area contributed by atoms with E-state index in [2.05, 4.69) is 25.6 Å². The highest BCUT2D eigenvalue weighted by Gasteiger charge is 2.08. The zero-order chi connectivity index (χ0) is 18.2. The fourth-order valence-corrected chi connectivity index (χ4v) is 2.34. The first kappa shape index (κ1) is 17.8. The molecule has 2 aromatic heterocycles. The summed E-state index contributed by atoms with van der Waals surface area (Å²) < 4.78 is 13.0. The van der Waals surface area contributed by atoms with Crippen molar-refractivity contribution in [1.29, 1.82) is 0 Å². The number of aliphatic hydroxyl groups excluding tert-OH is 1. The molecule has 0 amide bonds. The Balaban J connectivity index is 1.80. The number of halogens is 1. The number of aromatic nitrogens is 3. The Labute approximate surface area is 151 Å². The van der Waals surface area contributed by atoms with Crippen molar-refractivity contribution in [2.75, 3.05) is 23.8 Å². The van der Waals surface area contributed by atoms with Crippen LogP contribution in [0.25, 0.3) is 11.4 Å². The first-order valence-electron chi connectivity index (χ1n) is 8.38. The lowest BCUT2D eigenvalue weighted by Gasteiger charge is -2.11. The maximum atomic E-state index is 13.0. The van der Waals surface area contributed by atoms with Crippen LogP contribution in [0.5, 0.6) is 0 Å². The molecule has 0 saturated heterocycles. The van der Waals surface area contributed by atoms with Crippen molar-refractivity contribution in [3.63, 3.8) is 0 Å². The summed E-state index contributed by atoms with van der Waals surface area (Å²) in [5, 5.41) is 15.3. The van der Waals surface area contributed by atoms with Gasteiger partial charge in [0.1, 0.15) is 11.6 Å². The molecule has 6 nitrogen and oxygen atoms in total. The number of hydrogen-bond donors (Lipinski definition) is 3. The fraction of sp³-hybridized carbons (Fsp3) is 0.211. The number of anilines is 2. The van der Waals surface area contributed by atoms with Crippen LogP contribution < -0.4 is 10.6 Å². The molecule has 0 radical (unpaired) electrons. The highest BCUT2D eigenvalue weighted by molar-refractivity contribution is 5.60. The maximum Gasteiger partial charge on any atom is 0.225 e. The predicted molar refractivity (Wildman–Crippen MR) is 99.2 cm³/mol. The molecule has 0 spiro atoms. The summed E-state index contributed by atoms with van der Waals surface area (Å²) in [5.41, 5.74) is 2.37. The fourth-order valence-electron chi connectivity index (χ4n) is 2.34. The molecule has 0 aliphatic heterocycles. The largest absolute Gasteiger partial charge is 0.396 e. The van der Waals surface area contributed by atoms with Gasteiger partial charge in [-0.25, -0.2) is 9.37 Å². The van der Waals surface area contributed by atoms with Gasteiger partial charge in [0.05, 0.1) is 11.4 Å². The van der Waals surface area contributed by atoms with E-state index in [1.807, 2.05) is 24.3 Å². The summed E-state index contributed by atoms with van der Waals surface area (Å²) in [6.45, 7) is 1.18. The van der Waals surface area contributed by atoms with E-state index in [4.69, 9.17) is 5.11 Å². The molecule has 0 fully saturated rings. The molecule has 1 aromatic carbocycles. The Kier molecular flexibility index (Phi) is 6.05. The lowest BCUT2D eigenvalue weighted by molar-refractivity contribution is 0.292. The van der Waals surface area contributed by atoms with Crippen LogP contribution in [0.4, 0.5) is 16.2 Å². The average Bonchev–Trinajstić information content (AvgIpc) is 2.68. The standard InChI is InChI=1S/C19H20FN5O/c20-15-7-5-14(6-8-15)13-23-18-12-17(16-4-1-2-9-21-16)24-19(25-18)22-10-3-11-26/h1-2,4-9,12,26H,3,10-11,13H2,(H2,22,23,24,25). The Morgan fingerprint density at radius 1 is 0.962 bits per heavy atom. The quantitative estimate of drug-likeness (QED) is 0.540. The van der Waals surface area contributed by atoms with E-state index in [0.717, 1.165) is 11.3 Å². The number of aliphatic hydroxyl groups is 1. The van der Waals surface area contributed by atoms with Crippen molar-refractivity contribution in [3.8, 4) is 11.4 Å². The molecule has 3 N–H and O–H groups in total. The molecule has 0 saturated carbocycles. The second-order valence-electron chi connectivity index (χ2n) is 5.66. The first-order valence-corrected chi connectivity index (χ1v) is 8.38. The number of pyridine rings is 1. The zero-order valence-electron chi connectivity index (χ0n) is 14.2. The lowest BCUT2D eigenvalue weighted by atomic mass is 10.2. The molecule has 2 heterocycles. The van der Waals surface area contributed by atoms with E-state index < -0.39 is 0 Å². The molecular formula is C19H20FN5O. The highest BCUT2D eigenvalue weighted by Crippen LogP contribution is 2.20. The molecule has 3 rings (SSSR count). The first-order chi connectivity index (χ1) is 12.7. The third kappa shape index (κ3) is 4.97. The molecule has 3 aromatic rings. The van der Waals surface area contributed by atoms with E-state index in [-0.39, 0.29) is 12.4 Å². The summed E-state index contributed by atoms with van der Waals surface area (Å²) in [6.07, 6.45) is 2.32. The van der Waals surface area contributed by atoms with Crippen LogP contribution in [0.2, 0.25) is 0 Å². The Morgan fingerprint density at radius 2 is 1.81 bits per heavy atom. The number of benzene rings is 1. The normalized spacial score (nSPS) is 10.5. The van der Waals surface area contributed by atoms with Crippen molar-refractivity contribution >= 4 is 11.8 Å². The monoisotopic (exact) mass is 353 g/mol. The SMILES string of the molecule is OCCCNc1nc(NCc2ccc(F)cc2)cc(-c2ccccn2)n1. The van der Waals surface area contributed by atoms with Crippen LogP contribution in [0.15, 0.2) is 54.7 Å². The van der Waals surface area contributed by atoms with Crippen LogP contribution in [0, 0.1) is 5.82 Å². The van der Waals surface area contributed by atoms with Gasteiger partial charge in [0.2, 0.25) is 5.95 Å². The average molecular weight is 353 g/mol. The Hall–Kier alpha value is -3.06. The topological polar surface area (TPSA) is 83.0 Å². The van der Waals surface area contributed by atoms with Gasteiger partial charge < -0.3 is 15.7 Å². The molecule has 134 valence electrons. The van der Waals surface area contributed by atoms with Crippen LogP contribution >= 0.6 is 0 Å². The van der Waals surface area contributed by atoms with Crippen LogP contribution in [0.3, 0.4) is 0 Å². The van der Waals surface area contributed by atoms with Gasteiger partial charge in [-0.15, -0.1) is 0 Å². The minimum absolute atomic E-state index is 0.0998. The van der Waals surface area contributed by atoms with Crippen LogP contribution in [-0.2, 0) is 6.54 Å². The van der Waals surface area contributed by atoms with E-state index in [9.17, 15) is 4.39 Å². The molecular weight excluding hydrogens is 333 g/mol. The Morgan fingerprint density at radius 3 is 2.54 bits per heavy atom. The van der Waals surface area contributed by atoms with Gasteiger partial charge in [0.15, 0.2) is 0 Å². The summed E-state index contributed by atoms with van der Waals surface area (Å²) in [5.74, 6) is 0.836. The molecule has 0 atom stereocenters. The molecule has 0 unspecified atom stereocenters. The third-order valence-electron chi connectivity index (χ3n) is 3.66. The van der Waals surface area contributed by atoms with Crippen molar-refractivity contribution in [3.05, 3.63) is 66.1 Å². The summed E-state index contributed by atoms with van der Waals surface area (Å²) in [7, 11) is 0. The number of nitrogens with one attached hydrogen (secondary N) is 2. The summed E-state index contributed by atoms with van der Waals surface area (Å²) in [4.78, 5) is 13.3. The second-order valence-corrected chi connectivity index (χ2v) is 5.66. The van der Waals surface area contributed by atoms with Gasteiger partial charge in [-0.05, 0) is 36.2 Å². The smallest absolute Gasteiger partial charge is 0.225 e. The lowest BCUT2D eigenvalue weighted by Crippen LogP contribution is -2.10. The van der Waals surface area contributed by atoms with Gasteiger partial charge in [0.25, 0.3) is 0 Å². The molecule has 7 heteroatoms. The van der Waals surface area contributed by atoms with E-state index >= 15 is 0 Å². The van der Waals surface area contributed by atoms with Gasteiger partial charge in [0, 0.05) is 32.0 Å². The van der Waals surface area contributed by atoms with Crippen LogP contribution in [0.1, 0.15) is 12.0 Å². The van der Waals surface area contributed by atoms with Gasteiger partial charge in [-0.3, -0.25) is 4.98 Å². The molecule has 26 heavy (non-hydrogen) atoms. The second kappa shape index (κ2) is 8.87. The van der Waals surface area contributed by atoms with Gasteiger partial charge in [-0.2, -0.15) is 4.98 Å². The predicted octanol–water partition coefficient (Wildman–Crippen LogP) is 3.08. The third-order valence-corrected chi connectivity index (χ3v) is 3.66. The van der Waals surface area contributed by atoms with Crippen LogP contribution in [-0.4, -0.2) is 33.2 Å². The van der Waals surface area contributed by atoms with E-state index in [0.29, 0.717) is 37.0 Å². The van der Waals surface area contributed by atoms with Crippen molar-refractivity contribution < 1.29 is 9.50 Å². The number of nitrogens with zero attached hydrogens (tertiary/aromatic N) is 3. The summed E-state index contributed by atoms with van der Waals surface area (Å²) in [6, 6.07) is 13.8. The van der Waals surface area contributed by atoms with Crippen molar-refractivity contribution in [2.45, 2.75) is 13.0 Å². The molecule has 0 aliphatic rings. The minimum atomic E-state index is -0.261. The maximum absolute atomic E-state index is 13.0. The minimum Gasteiger partial charge on any atom is -0.396 e. The highest BCUT2D eigenvalue weighted by atomic mass is 19.1. The molecule has 0 aliphatic carbocycles. The summed E-state index contributed by atoms with van der Waals surface area (Å²) >= 11 is 0. The van der Waals surface area contributed by atoms with Gasteiger partial charge >= 0.3 is 0 Å². The van der Waals surface area contributed by atoms with Crippen molar-refractivity contribution in [2.24, 2.45) is 0 Å². The van der Waals surface area contributed by atoms with Gasteiger partial charge in [-0.1, -0.05) is 18.2 Å². The number of hydrogen-bond acceptors (Lipinski definition) is 6. The zero-order valence-corrected chi connectivity index (χ0v) is 14.2. The van der Waals surface area contributed by atoms with Crippen molar-refractivity contribution in [1.82, 2.24) is 15.0 Å². The van der Waals surface area contributed by atoms with E-state index in [1.165, 1.54) is 12.1 Å². The number of rotatable bonds is 8. The molecule has 0 bridgehead atoms. The van der Waals surface area contributed by atoms with E-state index in [1.54, 1.807) is 18.3 Å².